The number of hydrogen-bond acceptors (Lipinski definition) is 3. The molecule has 0 fully saturated rings. The SMILES string of the molecule is CCNC(=NCc1ccc(-n2cncn2)cc1)N1CCc2ccccc21.I. The highest BCUT2D eigenvalue weighted by Crippen LogP contribution is 2.27. The van der Waals surface area contributed by atoms with Crippen LogP contribution in [0.2, 0.25) is 0 Å². The van der Waals surface area contributed by atoms with Crippen LogP contribution >= 0.6 is 24.0 Å². The van der Waals surface area contributed by atoms with Crippen LogP contribution in [0.1, 0.15) is 18.1 Å². The summed E-state index contributed by atoms with van der Waals surface area (Å²) >= 11 is 0. The van der Waals surface area contributed by atoms with E-state index in [0.717, 1.165) is 36.7 Å². The molecule has 0 radical (unpaired) electrons. The highest BCUT2D eigenvalue weighted by atomic mass is 127. The molecule has 0 spiro atoms. The Balaban J connectivity index is 0.00000210. The highest BCUT2D eigenvalue weighted by Gasteiger charge is 2.22. The van der Waals surface area contributed by atoms with Gasteiger partial charge in [0.05, 0.1) is 12.2 Å². The molecule has 0 amide bonds. The summed E-state index contributed by atoms with van der Waals surface area (Å²) in [5.41, 5.74) is 4.80. The summed E-state index contributed by atoms with van der Waals surface area (Å²) in [6.07, 6.45) is 4.29. The molecule has 7 heteroatoms. The van der Waals surface area contributed by atoms with Gasteiger partial charge in [0.25, 0.3) is 0 Å². The third-order valence-electron chi connectivity index (χ3n) is 4.51. The Morgan fingerprint density at radius 1 is 1.15 bits per heavy atom. The summed E-state index contributed by atoms with van der Waals surface area (Å²) in [4.78, 5) is 11.1. The number of halogens is 1. The number of hydrogen-bond donors (Lipinski definition) is 1. The van der Waals surface area contributed by atoms with Crippen molar-refractivity contribution in [1.29, 1.82) is 0 Å². The van der Waals surface area contributed by atoms with Crippen LogP contribution in [-0.4, -0.2) is 33.8 Å². The molecule has 0 bridgehead atoms. The van der Waals surface area contributed by atoms with Crippen molar-refractivity contribution >= 4 is 35.6 Å². The van der Waals surface area contributed by atoms with E-state index in [0.29, 0.717) is 6.54 Å². The topological polar surface area (TPSA) is 58.3 Å². The summed E-state index contributed by atoms with van der Waals surface area (Å²) in [5.74, 6) is 0.942. The number of nitrogens with zero attached hydrogens (tertiary/aromatic N) is 5. The Labute approximate surface area is 176 Å². The summed E-state index contributed by atoms with van der Waals surface area (Å²) < 4.78 is 1.75. The third kappa shape index (κ3) is 4.29. The van der Waals surface area contributed by atoms with E-state index in [2.05, 4.69) is 63.6 Å². The predicted molar refractivity (Wildman–Crippen MR) is 119 cm³/mol. The monoisotopic (exact) mass is 474 g/mol. The highest BCUT2D eigenvalue weighted by molar-refractivity contribution is 14.0. The van der Waals surface area contributed by atoms with Crippen LogP contribution in [0, 0.1) is 0 Å². The zero-order valence-electron chi connectivity index (χ0n) is 15.2. The van der Waals surface area contributed by atoms with Gasteiger partial charge in [-0.2, -0.15) is 5.10 Å². The van der Waals surface area contributed by atoms with Crippen molar-refractivity contribution in [2.75, 3.05) is 18.0 Å². The van der Waals surface area contributed by atoms with Gasteiger partial charge in [-0.3, -0.25) is 0 Å². The summed E-state index contributed by atoms with van der Waals surface area (Å²) in [5, 5.41) is 7.57. The minimum absolute atomic E-state index is 0. The first kappa shape index (κ1) is 19.3. The number of fused-ring (bicyclic) bond motifs is 1. The van der Waals surface area contributed by atoms with Crippen molar-refractivity contribution in [2.24, 2.45) is 4.99 Å². The fourth-order valence-electron chi connectivity index (χ4n) is 3.21. The maximum absolute atomic E-state index is 4.85. The lowest BCUT2D eigenvalue weighted by Gasteiger charge is -2.22. The molecule has 0 unspecified atom stereocenters. The smallest absolute Gasteiger partial charge is 0.198 e. The number of anilines is 1. The average Bonchev–Trinajstić information content (AvgIpc) is 3.36. The van der Waals surface area contributed by atoms with Gasteiger partial charge in [0.1, 0.15) is 12.7 Å². The summed E-state index contributed by atoms with van der Waals surface area (Å²) in [6, 6.07) is 16.8. The fourth-order valence-corrected chi connectivity index (χ4v) is 3.21. The molecule has 1 aromatic heterocycles. The molecule has 6 nitrogen and oxygen atoms in total. The second kappa shape index (κ2) is 8.98. The van der Waals surface area contributed by atoms with Crippen LogP contribution in [0.3, 0.4) is 0 Å². The molecule has 0 atom stereocenters. The number of guanidine groups is 1. The van der Waals surface area contributed by atoms with Crippen molar-refractivity contribution in [3.05, 3.63) is 72.3 Å². The molecule has 140 valence electrons. The average molecular weight is 474 g/mol. The molecule has 1 N–H and O–H groups in total. The molecule has 1 aliphatic rings. The molecule has 3 aromatic rings. The van der Waals surface area contributed by atoms with Gasteiger partial charge < -0.3 is 10.2 Å². The van der Waals surface area contributed by atoms with E-state index < -0.39 is 0 Å². The lowest BCUT2D eigenvalue weighted by molar-refractivity contribution is 0.872. The van der Waals surface area contributed by atoms with Gasteiger partial charge in [-0.15, -0.1) is 24.0 Å². The van der Waals surface area contributed by atoms with Crippen LogP contribution in [0.25, 0.3) is 5.69 Å². The van der Waals surface area contributed by atoms with Crippen molar-refractivity contribution in [3.8, 4) is 5.69 Å². The normalized spacial score (nSPS) is 13.2. The molecule has 4 rings (SSSR count). The number of aliphatic imine (C=N–C) groups is 1. The standard InChI is InChI=1S/C20H22N6.HI/c1-2-22-20(25-12-11-17-5-3-4-6-19(17)25)23-13-16-7-9-18(10-8-16)26-15-21-14-24-26;/h3-10,14-15H,2,11-13H2,1H3,(H,22,23);1H. The number of aromatic nitrogens is 3. The molecule has 0 aliphatic carbocycles. The van der Waals surface area contributed by atoms with E-state index in [1.165, 1.54) is 17.6 Å². The Hall–Kier alpha value is -2.42. The van der Waals surface area contributed by atoms with E-state index in [1.54, 1.807) is 11.0 Å². The van der Waals surface area contributed by atoms with Crippen LogP contribution in [0.15, 0.2) is 66.2 Å². The van der Waals surface area contributed by atoms with Gasteiger partial charge >= 0.3 is 0 Å². The first-order chi connectivity index (χ1) is 12.8. The predicted octanol–water partition coefficient (Wildman–Crippen LogP) is 3.41. The summed E-state index contributed by atoms with van der Waals surface area (Å²) in [7, 11) is 0. The Bertz CT molecular complexity index is 889. The van der Waals surface area contributed by atoms with E-state index in [9.17, 15) is 0 Å². The van der Waals surface area contributed by atoms with E-state index in [4.69, 9.17) is 4.99 Å². The number of para-hydroxylation sites is 1. The van der Waals surface area contributed by atoms with Gasteiger partial charge in [0.2, 0.25) is 0 Å². The van der Waals surface area contributed by atoms with Gasteiger partial charge in [-0.1, -0.05) is 30.3 Å². The van der Waals surface area contributed by atoms with Crippen molar-refractivity contribution in [2.45, 2.75) is 19.9 Å². The van der Waals surface area contributed by atoms with Gasteiger partial charge in [-0.05, 0) is 42.7 Å². The molecule has 0 saturated heterocycles. The fraction of sp³-hybridized carbons (Fsp3) is 0.250. The van der Waals surface area contributed by atoms with Gasteiger partial charge in [0, 0.05) is 18.8 Å². The third-order valence-corrected chi connectivity index (χ3v) is 4.51. The lowest BCUT2D eigenvalue weighted by Crippen LogP contribution is -2.40. The molecule has 0 saturated carbocycles. The van der Waals surface area contributed by atoms with Crippen LogP contribution in [0.4, 0.5) is 5.69 Å². The summed E-state index contributed by atoms with van der Waals surface area (Å²) in [6.45, 7) is 4.56. The Kier molecular flexibility index (Phi) is 6.44. The van der Waals surface area contributed by atoms with Crippen LogP contribution in [0.5, 0.6) is 0 Å². The van der Waals surface area contributed by atoms with E-state index >= 15 is 0 Å². The zero-order chi connectivity index (χ0) is 17.8. The molecule has 2 heterocycles. The minimum atomic E-state index is 0. The number of rotatable bonds is 4. The largest absolute Gasteiger partial charge is 0.356 e. The number of nitrogens with one attached hydrogen (secondary N) is 1. The second-order valence-corrected chi connectivity index (χ2v) is 6.21. The van der Waals surface area contributed by atoms with Gasteiger partial charge in [0.15, 0.2) is 5.96 Å². The van der Waals surface area contributed by atoms with E-state index in [1.807, 2.05) is 12.1 Å². The van der Waals surface area contributed by atoms with E-state index in [-0.39, 0.29) is 24.0 Å². The molecule has 2 aromatic carbocycles. The van der Waals surface area contributed by atoms with Crippen LogP contribution < -0.4 is 10.2 Å². The van der Waals surface area contributed by atoms with Crippen molar-refractivity contribution in [1.82, 2.24) is 20.1 Å². The number of benzene rings is 2. The van der Waals surface area contributed by atoms with Crippen LogP contribution in [-0.2, 0) is 13.0 Å². The molecular formula is C20H23IN6. The van der Waals surface area contributed by atoms with Crippen molar-refractivity contribution in [3.63, 3.8) is 0 Å². The quantitative estimate of drug-likeness (QED) is 0.358. The zero-order valence-corrected chi connectivity index (χ0v) is 17.6. The first-order valence-corrected chi connectivity index (χ1v) is 8.93. The van der Waals surface area contributed by atoms with Gasteiger partial charge in [-0.25, -0.2) is 14.7 Å². The molecule has 27 heavy (non-hydrogen) atoms. The lowest BCUT2D eigenvalue weighted by atomic mass is 10.2. The first-order valence-electron chi connectivity index (χ1n) is 8.93. The minimum Gasteiger partial charge on any atom is -0.356 e. The molecular weight excluding hydrogens is 451 g/mol. The second-order valence-electron chi connectivity index (χ2n) is 6.21. The Morgan fingerprint density at radius 2 is 1.96 bits per heavy atom. The van der Waals surface area contributed by atoms with Crippen molar-refractivity contribution < 1.29 is 0 Å². The maximum atomic E-state index is 4.85. The Morgan fingerprint density at radius 3 is 2.70 bits per heavy atom. The molecule has 1 aliphatic heterocycles. The maximum Gasteiger partial charge on any atom is 0.198 e.